The fraction of sp³-hybridized carbons (Fsp3) is 1.00. The Bertz CT molecular complexity index is 541. The predicted octanol–water partition coefficient (Wildman–Crippen LogP) is 11.9. The van der Waals surface area contributed by atoms with E-state index in [1.807, 2.05) is 27.7 Å². The van der Waals surface area contributed by atoms with Crippen molar-refractivity contribution in [1.82, 2.24) is 0 Å². The van der Waals surface area contributed by atoms with Gasteiger partial charge >= 0.3 is 0 Å². The van der Waals surface area contributed by atoms with Crippen LogP contribution in [0.4, 0.5) is 0 Å². The molecular weight excluding hydrogens is 592 g/mol. The Morgan fingerprint density at radius 3 is 0.809 bits per heavy atom. The third-order valence-corrected chi connectivity index (χ3v) is 8.93. The summed E-state index contributed by atoms with van der Waals surface area (Å²) >= 11 is 0. The van der Waals surface area contributed by atoms with Crippen molar-refractivity contribution in [3.05, 3.63) is 0 Å². The van der Waals surface area contributed by atoms with Crippen LogP contribution in [-0.2, 0) is 33.2 Å². The van der Waals surface area contributed by atoms with Gasteiger partial charge in [0.15, 0.2) is 11.6 Å². The van der Waals surface area contributed by atoms with Crippen LogP contribution in [0.2, 0.25) is 0 Å². The Morgan fingerprint density at radius 1 is 0.298 bits per heavy atom. The number of unbranched alkanes of at least 4 members (excludes halogenated alkanes) is 20. The summed E-state index contributed by atoms with van der Waals surface area (Å²) in [4.78, 5) is 0. The molecule has 0 aromatic heterocycles. The lowest BCUT2D eigenvalue weighted by Gasteiger charge is -2.33. The Kier molecular flexibility index (Phi) is 35.3. The highest BCUT2D eigenvalue weighted by atomic mass is 16.8. The fourth-order valence-electron chi connectivity index (χ4n) is 6.40. The van der Waals surface area contributed by atoms with E-state index < -0.39 is 11.6 Å². The van der Waals surface area contributed by atoms with Crippen molar-refractivity contribution in [3.8, 4) is 0 Å². The molecule has 0 unspecified atom stereocenters. The van der Waals surface area contributed by atoms with Crippen LogP contribution in [0.5, 0.6) is 0 Å². The Labute approximate surface area is 293 Å². The van der Waals surface area contributed by atoms with E-state index in [-0.39, 0.29) is 13.6 Å². The molecule has 7 nitrogen and oxygen atoms in total. The molecule has 7 heteroatoms. The fourth-order valence-corrected chi connectivity index (χ4v) is 6.40. The number of hydrogen-bond acceptors (Lipinski definition) is 7. The molecule has 0 aliphatic heterocycles. The quantitative estimate of drug-likeness (QED) is 0.0473. The molecule has 0 aromatic carbocycles. The lowest BCUT2D eigenvalue weighted by Crippen LogP contribution is -2.42. The second-order valence-corrected chi connectivity index (χ2v) is 13.3. The van der Waals surface area contributed by atoms with Crippen molar-refractivity contribution in [2.75, 3.05) is 53.2 Å². The maximum atomic E-state index is 6.11. The average Bonchev–Trinajstić information content (AvgIpc) is 3.06. The normalized spacial score (nSPS) is 12.4. The SMILES string of the molecule is CCCCCCCCCCCCCC(COCOCOCC(CCCCCCCCCCCCC)(OCC)OCC)(OCC)OCC. The van der Waals surface area contributed by atoms with Gasteiger partial charge in [-0.25, -0.2) is 0 Å². The van der Waals surface area contributed by atoms with E-state index in [9.17, 15) is 0 Å². The molecule has 284 valence electrons. The zero-order chi connectivity index (χ0) is 34.6. The second kappa shape index (κ2) is 35.5. The monoisotopic (exact) mass is 675 g/mol. The first-order valence-corrected chi connectivity index (χ1v) is 20.4. The summed E-state index contributed by atoms with van der Waals surface area (Å²) in [5, 5.41) is 0. The molecule has 0 aliphatic rings. The van der Waals surface area contributed by atoms with Crippen molar-refractivity contribution in [1.29, 1.82) is 0 Å². The molecule has 0 N–H and O–H groups in total. The molecule has 0 atom stereocenters. The first-order valence-electron chi connectivity index (χ1n) is 20.4. The molecule has 0 spiro atoms. The van der Waals surface area contributed by atoms with Crippen molar-refractivity contribution in [2.45, 2.75) is 207 Å². The minimum absolute atomic E-state index is 0.120. The minimum atomic E-state index is -0.722. The molecule has 0 heterocycles. The molecule has 47 heavy (non-hydrogen) atoms. The van der Waals surface area contributed by atoms with Gasteiger partial charge in [-0.2, -0.15) is 0 Å². The molecule has 0 amide bonds. The van der Waals surface area contributed by atoms with Crippen LogP contribution in [0.3, 0.4) is 0 Å². The van der Waals surface area contributed by atoms with Crippen LogP contribution in [0.1, 0.15) is 196 Å². The molecule has 0 radical (unpaired) electrons. The number of hydrogen-bond donors (Lipinski definition) is 0. The molecule has 0 saturated heterocycles. The smallest absolute Gasteiger partial charge is 0.191 e. The molecule has 0 fully saturated rings. The van der Waals surface area contributed by atoms with E-state index in [4.69, 9.17) is 33.2 Å². The van der Waals surface area contributed by atoms with E-state index in [2.05, 4.69) is 13.8 Å². The summed E-state index contributed by atoms with van der Waals surface area (Å²) in [5.41, 5.74) is 0. The molecule has 0 aromatic rings. The van der Waals surface area contributed by atoms with Crippen LogP contribution in [0.15, 0.2) is 0 Å². The summed E-state index contributed by atoms with van der Waals surface area (Å²) in [5.74, 6) is -1.44. The van der Waals surface area contributed by atoms with E-state index in [0.29, 0.717) is 39.6 Å². The maximum absolute atomic E-state index is 6.11. The summed E-state index contributed by atoms with van der Waals surface area (Å²) in [7, 11) is 0. The predicted molar refractivity (Wildman–Crippen MR) is 197 cm³/mol. The van der Waals surface area contributed by atoms with Gasteiger partial charge in [-0.3, -0.25) is 0 Å². The van der Waals surface area contributed by atoms with Crippen molar-refractivity contribution < 1.29 is 33.2 Å². The van der Waals surface area contributed by atoms with Crippen molar-refractivity contribution in [3.63, 3.8) is 0 Å². The van der Waals surface area contributed by atoms with Crippen LogP contribution in [0, 0.1) is 0 Å². The van der Waals surface area contributed by atoms with E-state index in [0.717, 1.165) is 25.7 Å². The largest absolute Gasteiger partial charge is 0.350 e. The van der Waals surface area contributed by atoms with Crippen LogP contribution >= 0.6 is 0 Å². The zero-order valence-electron chi connectivity index (χ0n) is 32.5. The molecule has 0 bridgehead atoms. The van der Waals surface area contributed by atoms with Crippen LogP contribution < -0.4 is 0 Å². The van der Waals surface area contributed by atoms with Gasteiger partial charge < -0.3 is 33.2 Å². The standard InChI is InChI=1S/C40H82O7/c1-7-13-15-17-19-21-23-25-27-29-31-33-39(44-9-3,45-10-4)35-41-37-43-38-42-36-40(46-11-5,47-12-6)34-32-30-28-26-24-22-20-18-16-14-8-2/h7-38H2,1-6H3. The lowest BCUT2D eigenvalue weighted by atomic mass is 10.0. The van der Waals surface area contributed by atoms with Gasteiger partial charge in [-0.05, 0) is 40.5 Å². The van der Waals surface area contributed by atoms with Gasteiger partial charge in [0.2, 0.25) is 0 Å². The van der Waals surface area contributed by atoms with Crippen LogP contribution in [0.25, 0.3) is 0 Å². The Balaban J connectivity index is 4.33. The molecule has 0 saturated carbocycles. The Hall–Kier alpha value is -0.280. The highest BCUT2D eigenvalue weighted by Crippen LogP contribution is 2.25. The van der Waals surface area contributed by atoms with Crippen LogP contribution in [-0.4, -0.2) is 64.8 Å². The first-order chi connectivity index (χ1) is 23.1. The summed E-state index contributed by atoms with van der Waals surface area (Å²) in [6.45, 7) is 15.9. The topological polar surface area (TPSA) is 64.6 Å². The highest BCUT2D eigenvalue weighted by molar-refractivity contribution is 4.71. The van der Waals surface area contributed by atoms with E-state index in [1.165, 1.54) is 128 Å². The summed E-state index contributed by atoms with van der Waals surface area (Å²) in [6.07, 6.45) is 30.6. The van der Waals surface area contributed by atoms with Gasteiger partial charge in [0.25, 0.3) is 0 Å². The minimum Gasteiger partial charge on any atom is -0.350 e. The summed E-state index contributed by atoms with van der Waals surface area (Å²) < 4.78 is 42.0. The molecule has 0 aliphatic carbocycles. The van der Waals surface area contributed by atoms with Gasteiger partial charge in [0.1, 0.15) is 26.8 Å². The maximum Gasteiger partial charge on any atom is 0.191 e. The van der Waals surface area contributed by atoms with Gasteiger partial charge in [0, 0.05) is 39.3 Å². The summed E-state index contributed by atoms with van der Waals surface area (Å²) in [6, 6.07) is 0. The highest BCUT2D eigenvalue weighted by Gasteiger charge is 2.32. The third-order valence-electron chi connectivity index (χ3n) is 8.93. The van der Waals surface area contributed by atoms with Gasteiger partial charge in [-0.1, -0.05) is 142 Å². The van der Waals surface area contributed by atoms with Crippen molar-refractivity contribution >= 4 is 0 Å². The molecular formula is C40H82O7. The van der Waals surface area contributed by atoms with Gasteiger partial charge in [0.05, 0.1) is 0 Å². The lowest BCUT2D eigenvalue weighted by molar-refractivity contribution is -0.285. The molecule has 0 rings (SSSR count). The third kappa shape index (κ3) is 28.1. The van der Waals surface area contributed by atoms with Gasteiger partial charge in [-0.15, -0.1) is 0 Å². The zero-order valence-corrected chi connectivity index (χ0v) is 32.5. The number of ether oxygens (including phenoxy) is 7. The Morgan fingerprint density at radius 2 is 0.553 bits per heavy atom. The van der Waals surface area contributed by atoms with E-state index in [1.54, 1.807) is 0 Å². The second-order valence-electron chi connectivity index (χ2n) is 13.3. The average molecular weight is 675 g/mol. The van der Waals surface area contributed by atoms with E-state index >= 15 is 0 Å². The number of rotatable bonds is 40. The first kappa shape index (κ1) is 46.7. The van der Waals surface area contributed by atoms with Crippen molar-refractivity contribution in [2.24, 2.45) is 0 Å².